The van der Waals surface area contributed by atoms with Crippen LogP contribution < -0.4 is 25.6 Å². The fourth-order valence-corrected chi connectivity index (χ4v) is 4.98. The van der Waals surface area contributed by atoms with Crippen molar-refractivity contribution in [3.05, 3.63) is 89.5 Å². The molecule has 4 N–H and O–H groups in total. The monoisotopic (exact) mass is 544 g/mol. The maximum absolute atomic E-state index is 13.6. The first-order chi connectivity index (χ1) is 19.5. The van der Waals surface area contributed by atoms with E-state index in [0.717, 1.165) is 35.4 Å². The van der Waals surface area contributed by atoms with Gasteiger partial charge in [-0.2, -0.15) is 0 Å². The molecule has 1 aliphatic rings. The van der Waals surface area contributed by atoms with Crippen LogP contribution in [0, 0.1) is 0 Å². The summed E-state index contributed by atoms with van der Waals surface area (Å²) < 4.78 is 5.30. The highest BCUT2D eigenvalue weighted by atomic mass is 16.5. The van der Waals surface area contributed by atoms with Crippen LogP contribution in [0.15, 0.2) is 72.8 Å². The second kappa shape index (κ2) is 14.5. The molecule has 0 spiro atoms. The van der Waals surface area contributed by atoms with E-state index in [1.165, 1.54) is 0 Å². The molecule has 1 fully saturated rings. The highest BCUT2D eigenvalue weighted by Gasteiger charge is 2.25. The van der Waals surface area contributed by atoms with E-state index >= 15 is 0 Å². The summed E-state index contributed by atoms with van der Waals surface area (Å²) in [5.74, 6) is 0.559. The highest BCUT2D eigenvalue weighted by molar-refractivity contribution is 5.99. The van der Waals surface area contributed by atoms with Gasteiger partial charge < -0.3 is 30.7 Å². The lowest BCUT2D eigenvalue weighted by molar-refractivity contribution is -0.119. The van der Waals surface area contributed by atoms with Crippen molar-refractivity contribution in [2.45, 2.75) is 51.3 Å². The molecule has 0 aromatic heterocycles. The van der Waals surface area contributed by atoms with Crippen LogP contribution in [0.3, 0.4) is 0 Å². The van der Waals surface area contributed by atoms with Crippen LogP contribution in [-0.4, -0.2) is 55.8 Å². The zero-order valence-corrected chi connectivity index (χ0v) is 23.4. The number of aliphatic hydroxyl groups is 1. The minimum Gasteiger partial charge on any atom is -0.497 e. The number of carbonyl (C=O) groups excluding carboxylic acids is 2. The molecule has 1 saturated heterocycles. The molecular formula is C32H40N4O4. The number of nitrogens with zero attached hydrogens (tertiary/aromatic N) is 1. The Hall–Kier alpha value is -3.88. The Labute approximate surface area is 236 Å². The summed E-state index contributed by atoms with van der Waals surface area (Å²) in [7, 11) is 1.63. The Morgan fingerprint density at radius 3 is 2.58 bits per heavy atom. The molecule has 3 aromatic carbocycles. The highest BCUT2D eigenvalue weighted by Crippen LogP contribution is 2.26. The summed E-state index contributed by atoms with van der Waals surface area (Å²) in [6.07, 6.45) is 1.97. The number of hydrogen-bond donors (Lipinski definition) is 4. The molecule has 2 atom stereocenters. The summed E-state index contributed by atoms with van der Waals surface area (Å²) in [6, 6.07) is 22.5. The Morgan fingerprint density at radius 2 is 1.82 bits per heavy atom. The van der Waals surface area contributed by atoms with Crippen LogP contribution in [0.1, 0.15) is 47.7 Å². The molecule has 2 amide bonds. The number of amides is 2. The standard InChI is InChI=1S/C32H40N4O4/c1-3-34-26-18-25(19-27(20-26)36-15-8-7-14-31(36)38)32(39)35-29(17-23-10-5-4-6-11-23)30(37)22-33-21-24-12-9-13-28(16-24)40-2/h4-6,9-13,16,18-20,29-30,33-34,37H,3,7-8,14-15,17,21-22H2,1-2H3,(H,35,39). The van der Waals surface area contributed by atoms with E-state index in [-0.39, 0.29) is 11.8 Å². The summed E-state index contributed by atoms with van der Waals surface area (Å²) >= 11 is 0. The summed E-state index contributed by atoms with van der Waals surface area (Å²) in [5, 5.41) is 20.9. The van der Waals surface area contributed by atoms with Gasteiger partial charge in [0.05, 0.1) is 19.3 Å². The third-order valence-corrected chi connectivity index (χ3v) is 7.09. The lowest BCUT2D eigenvalue weighted by atomic mass is 10.00. The summed E-state index contributed by atoms with van der Waals surface area (Å²) in [4.78, 5) is 28.0. The van der Waals surface area contributed by atoms with E-state index in [0.29, 0.717) is 50.3 Å². The van der Waals surface area contributed by atoms with Crippen molar-refractivity contribution in [3.8, 4) is 5.75 Å². The van der Waals surface area contributed by atoms with Crippen molar-refractivity contribution in [1.82, 2.24) is 10.6 Å². The van der Waals surface area contributed by atoms with Crippen molar-refractivity contribution in [2.75, 3.05) is 37.0 Å². The maximum atomic E-state index is 13.6. The first-order valence-corrected chi connectivity index (χ1v) is 14.0. The second-order valence-electron chi connectivity index (χ2n) is 10.1. The van der Waals surface area contributed by atoms with Crippen LogP contribution in [0.2, 0.25) is 0 Å². The molecule has 2 unspecified atom stereocenters. The van der Waals surface area contributed by atoms with E-state index in [2.05, 4.69) is 16.0 Å². The quantitative estimate of drug-likeness (QED) is 0.258. The SMILES string of the molecule is CCNc1cc(C(=O)NC(Cc2ccccc2)C(O)CNCc2cccc(OC)c2)cc(N2CCCCC2=O)c1. The Kier molecular flexibility index (Phi) is 10.5. The van der Waals surface area contributed by atoms with Gasteiger partial charge in [0.15, 0.2) is 0 Å². The van der Waals surface area contributed by atoms with Gasteiger partial charge in [0.2, 0.25) is 5.91 Å². The van der Waals surface area contributed by atoms with Gasteiger partial charge in [0.1, 0.15) is 5.75 Å². The first-order valence-electron chi connectivity index (χ1n) is 14.0. The fourth-order valence-electron chi connectivity index (χ4n) is 4.98. The lowest BCUT2D eigenvalue weighted by Gasteiger charge is -2.28. The molecule has 1 aliphatic heterocycles. The van der Waals surface area contributed by atoms with Gasteiger partial charge in [-0.1, -0.05) is 42.5 Å². The number of carbonyl (C=O) groups is 2. The molecule has 40 heavy (non-hydrogen) atoms. The largest absolute Gasteiger partial charge is 0.497 e. The van der Waals surface area contributed by atoms with E-state index in [4.69, 9.17) is 4.74 Å². The van der Waals surface area contributed by atoms with Crippen molar-refractivity contribution < 1.29 is 19.4 Å². The molecule has 0 saturated carbocycles. The van der Waals surface area contributed by atoms with Gasteiger partial charge in [-0.3, -0.25) is 9.59 Å². The van der Waals surface area contributed by atoms with Crippen LogP contribution >= 0.6 is 0 Å². The minimum absolute atomic E-state index is 0.0748. The molecule has 212 valence electrons. The van der Waals surface area contributed by atoms with Gasteiger partial charge in [-0.15, -0.1) is 0 Å². The number of methoxy groups -OCH3 is 1. The summed E-state index contributed by atoms with van der Waals surface area (Å²) in [5.41, 5.74) is 3.99. The Balaban J connectivity index is 1.50. The molecule has 8 nitrogen and oxygen atoms in total. The molecule has 8 heteroatoms. The third kappa shape index (κ3) is 8.07. The number of rotatable bonds is 13. The van der Waals surface area contributed by atoms with Crippen LogP contribution in [0.25, 0.3) is 0 Å². The topological polar surface area (TPSA) is 103 Å². The van der Waals surface area contributed by atoms with Crippen LogP contribution in [-0.2, 0) is 17.8 Å². The predicted molar refractivity (Wildman–Crippen MR) is 159 cm³/mol. The van der Waals surface area contributed by atoms with E-state index < -0.39 is 12.1 Å². The first kappa shape index (κ1) is 29.1. The fraction of sp³-hybridized carbons (Fsp3) is 0.375. The zero-order valence-electron chi connectivity index (χ0n) is 23.4. The summed E-state index contributed by atoms with van der Waals surface area (Å²) in [6.45, 7) is 4.16. The van der Waals surface area contributed by atoms with Crippen molar-refractivity contribution >= 4 is 23.2 Å². The van der Waals surface area contributed by atoms with Gasteiger partial charge in [-0.05, 0) is 67.6 Å². The average molecular weight is 545 g/mol. The number of anilines is 2. The second-order valence-corrected chi connectivity index (χ2v) is 10.1. The van der Waals surface area contributed by atoms with Crippen molar-refractivity contribution in [1.29, 1.82) is 0 Å². The number of aliphatic hydroxyl groups excluding tert-OH is 1. The zero-order chi connectivity index (χ0) is 28.3. The van der Waals surface area contributed by atoms with Gasteiger partial charge in [0.25, 0.3) is 5.91 Å². The molecule has 0 radical (unpaired) electrons. The maximum Gasteiger partial charge on any atom is 0.251 e. The average Bonchev–Trinajstić information content (AvgIpc) is 2.97. The molecular weight excluding hydrogens is 504 g/mol. The van der Waals surface area contributed by atoms with Crippen molar-refractivity contribution in [3.63, 3.8) is 0 Å². The Bertz CT molecular complexity index is 1270. The van der Waals surface area contributed by atoms with Gasteiger partial charge in [-0.25, -0.2) is 0 Å². The van der Waals surface area contributed by atoms with E-state index in [1.54, 1.807) is 24.1 Å². The third-order valence-electron chi connectivity index (χ3n) is 7.09. The molecule has 4 rings (SSSR count). The molecule has 0 aliphatic carbocycles. The van der Waals surface area contributed by atoms with Gasteiger partial charge in [0, 0.05) is 49.5 Å². The van der Waals surface area contributed by atoms with E-state index in [1.807, 2.05) is 67.6 Å². The van der Waals surface area contributed by atoms with E-state index in [9.17, 15) is 14.7 Å². The number of benzene rings is 3. The Morgan fingerprint density at radius 1 is 1.02 bits per heavy atom. The molecule has 3 aromatic rings. The molecule has 0 bridgehead atoms. The van der Waals surface area contributed by atoms with Gasteiger partial charge >= 0.3 is 0 Å². The normalized spacial score (nSPS) is 14.9. The number of ether oxygens (including phenoxy) is 1. The predicted octanol–water partition coefficient (Wildman–Crippen LogP) is 4.14. The number of hydrogen-bond acceptors (Lipinski definition) is 6. The minimum atomic E-state index is -0.838. The van der Waals surface area contributed by atoms with Crippen LogP contribution in [0.5, 0.6) is 5.75 Å². The smallest absolute Gasteiger partial charge is 0.251 e. The molecule has 1 heterocycles. The van der Waals surface area contributed by atoms with Crippen molar-refractivity contribution in [2.24, 2.45) is 0 Å². The van der Waals surface area contributed by atoms with Crippen LogP contribution in [0.4, 0.5) is 11.4 Å². The lowest BCUT2D eigenvalue weighted by Crippen LogP contribution is -2.48. The number of piperidine rings is 1. The number of nitrogens with one attached hydrogen (secondary N) is 3.